The van der Waals surface area contributed by atoms with E-state index in [1.807, 2.05) is 6.07 Å². The molecule has 1 fully saturated rings. The summed E-state index contributed by atoms with van der Waals surface area (Å²) in [6, 6.07) is 4.71. The normalized spacial score (nSPS) is 20.1. The molecule has 1 unspecified atom stereocenters. The Kier molecular flexibility index (Phi) is 3.72. The molecule has 0 amide bonds. The first-order valence-electron chi connectivity index (χ1n) is 5.86. The third-order valence-electron chi connectivity index (χ3n) is 3.19. The fourth-order valence-corrected chi connectivity index (χ4v) is 2.66. The van der Waals surface area contributed by atoms with E-state index in [1.54, 1.807) is 7.11 Å². The van der Waals surface area contributed by atoms with E-state index in [9.17, 15) is 0 Å². The number of nitrogens with one attached hydrogen (secondary N) is 1. The molecule has 0 bridgehead atoms. The van der Waals surface area contributed by atoms with Crippen molar-refractivity contribution >= 4 is 11.6 Å². The number of hydrogen-bond acceptors (Lipinski definition) is 2. The van der Waals surface area contributed by atoms with Crippen molar-refractivity contribution in [3.05, 3.63) is 28.3 Å². The smallest absolute Gasteiger partial charge is 0.140 e. The van der Waals surface area contributed by atoms with E-state index in [0.29, 0.717) is 6.04 Å². The molecular formula is C13H18ClNO. The third kappa shape index (κ3) is 2.18. The molecule has 0 aliphatic carbocycles. The zero-order valence-electron chi connectivity index (χ0n) is 9.85. The Bertz CT molecular complexity index is 372. The maximum absolute atomic E-state index is 6.24. The lowest BCUT2D eigenvalue weighted by Crippen LogP contribution is -2.13. The maximum Gasteiger partial charge on any atom is 0.140 e. The van der Waals surface area contributed by atoms with Crippen LogP contribution in [-0.2, 0) is 6.42 Å². The molecule has 2 nitrogen and oxygen atoms in total. The van der Waals surface area contributed by atoms with Gasteiger partial charge in [0, 0.05) is 6.04 Å². The average Bonchev–Trinajstić information content (AvgIpc) is 2.81. The van der Waals surface area contributed by atoms with Crippen LogP contribution in [0.5, 0.6) is 5.75 Å². The van der Waals surface area contributed by atoms with Crippen molar-refractivity contribution in [1.29, 1.82) is 0 Å². The van der Waals surface area contributed by atoms with E-state index in [1.165, 1.54) is 24.0 Å². The summed E-state index contributed by atoms with van der Waals surface area (Å²) in [6.07, 6.45) is 3.39. The van der Waals surface area contributed by atoms with E-state index >= 15 is 0 Å². The molecular weight excluding hydrogens is 222 g/mol. The monoisotopic (exact) mass is 239 g/mol. The van der Waals surface area contributed by atoms with E-state index in [2.05, 4.69) is 18.3 Å². The molecule has 1 N–H and O–H groups in total. The second kappa shape index (κ2) is 5.07. The summed E-state index contributed by atoms with van der Waals surface area (Å²) in [5, 5.41) is 4.22. The zero-order chi connectivity index (χ0) is 11.5. The molecule has 88 valence electrons. The molecule has 0 aromatic heterocycles. The van der Waals surface area contributed by atoms with Gasteiger partial charge in [0.05, 0.1) is 12.1 Å². The van der Waals surface area contributed by atoms with Gasteiger partial charge in [0.1, 0.15) is 5.75 Å². The minimum Gasteiger partial charge on any atom is -0.495 e. The van der Waals surface area contributed by atoms with Crippen LogP contribution < -0.4 is 10.1 Å². The van der Waals surface area contributed by atoms with Crippen LogP contribution in [-0.4, -0.2) is 13.7 Å². The second-order valence-corrected chi connectivity index (χ2v) is 4.60. The van der Waals surface area contributed by atoms with Gasteiger partial charge in [0.15, 0.2) is 0 Å². The lowest BCUT2D eigenvalue weighted by Gasteiger charge is -2.15. The van der Waals surface area contributed by atoms with Crippen molar-refractivity contribution in [3.63, 3.8) is 0 Å². The van der Waals surface area contributed by atoms with Crippen molar-refractivity contribution in [1.82, 2.24) is 5.32 Å². The van der Waals surface area contributed by atoms with Gasteiger partial charge in [-0.3, -0.25) is 0 Å². The summed E-state index contributed by atoms with van der Waals surface area (Å²) in [6.45, 7) is 3.23. The fraction of sp³-hybridized carbons (Fsp3) is 0.538. The summed E-state index contributed by atoms with van der Waals surface area (Å²) in [4.78, 5) is 0. The Morgan fingerprint density at radius 2 is 2.31 bits per heavy atom. The van der Waals surface area contributed by atoms with Gasteiger partial charge >= 0.3 is 0 Å². The number of halogens is 1. The fourth-order valence-electron chi connectivity index (χ4n) is 2.34. The first-order valence-corrected chi connectivity index (χ1v) is 6.23. The number of aryl methyl sites for hydroxylation is 1. The minimum atomic E-state index is 0.466. The molecule has 1 aromatic rings. The number of ether oxygens (including phenoxy) is 1. The molecule has 1 atom stereocenters. The van der Waals surface area contributed by atoms with Gasteiger partial charge < -0.3 is 10.1 Å². The van der Waals surface area contributed by atoms with Crippen LogP contribution in [0.25, 0.3) is 0 Å². The summed E-state index contributed by atoms with van der Waals surface area (Å²) in [5.74, 6) is 0.825. The lowest BCUT2D eigenvalue weighted by molar-refractivity contribution is 0.410. The van der Waals surface area contributed by atoms with E-state index in [-0.39, 0.29) is 0 Å². The molecule has 1 aliphatic rings. The summed E-state index contributed by atoms with van der Waals surface area (Å²) in [7, 11) is 1.67. The third-order valence-corrected chi connectivity index (χ3v) is 3.47. The van der Waals surface area contributed by atoms with Crippen molar-refractivity contribution in [3.8, 4) is 5.75 Å². The molecule has 0 spiro atoms. The van der Waals surface area contributed by atoms with E-state index in [0.717, 1.165) is 23.7 Å². The molecule has 1 saturated heterocycles. The van der Waals surface area contributed by atoms with Crippen LogP contribution in [0.2, 0.25) is 5.02 Å². The van der Waals surface area contributed by atoms with Crippen molar-refractivity contribution in [2.75, 3.05) is 13.7 Å². The first-order chi connectivity index (χ1) is 7.76. The molecule has 0 saturated carbocycles. The second-order valence-electron chi connectivity index (χ2n) is 4.20. The largest absolute Gasteiger partial charge is 0.495 e. The average molecular weight is 240 g/mol. The minimum absolute atomic E-state index is 0.466. The van der Waals surface area contributed by atoms with Crippen molar-refractivity contribution in [2.24, 2.45) is 0 Å². The van der Waals surface area contributed by atoms with E-state index in [4.69, 9.17) is 16.3 Å². The lowest BCUT2D eigenvalue weighted by atomic mass is 10.0. The Balaban J connectivity index is 2.36. The molecule has 1 aromatic carbocycles. The van der Waals surface area contributed by atoms with Gasteiger partial charge in [-0.2, -0.15) is 0 Å². The number of methoxy groups -OCH3 is 1. The molecule has 16 heavy (non-hydrogen) atoms. The molecule has 1 heterocycles. The van der Waals surface area contributed by atoms with Crippen molar-refractivity contribution in [2.45, 2.75) is 32.2 Å². The predicted octanol–water partition coefficient (Wildman–Crippen LogP) is 3.34. The highest BCUT2D eigenvalue weighted by molar-refractivity contribution is 6.32. The quantitative estimate of drug-likeness (QED) is 0.874. The standard InChI is InChI=1S/C13H18ClNO/c1-3-9-7-10(12-5-4-6-15-12)8-11(14)13(9)16-2/h7-8,12,15H,3-6H2,1-2H3. The molecule has 0 radical (unpaired) electrons. The van der Waals surface area contributed by atoms with Crippen LogP contribution >= 0.6 is 11.6 Å². The van der Waals surface area contributed by atoms with Crippen LogP contribution in [0.4, 0.5) is 0 Å². The van der Waals surface area contributed by atoms with Crippen LogP contribution in [0.3, 0.4) is 0 Å². The van der Waals surface area contributed by atoms with Gasteiger partial charge in [0.25, 0.3) is 0 Å². The highest BCUT2D eigenvalue weighted by Crippen LogP contribution is 2.34. The number of benzene rings is 1. The highest BCUT2D eigenvalue weighted by atomic mass is 35.5. The number of rotatable bonds is 3. The van der Waals surface area contributed by atoms with Gasteiger partial charge in [-0.15, -0.1) is 0 Å². The summed E-state index contributed by atoms with van der Waals surface area (Å²) < 4.78 is 5.33. The SMILES string of the molecule is CCc1cc(C2CCCN2)cc(Cl)c1OC. The van der Waals surface area contributed by atoms with Crippen LogP contribution in [0.1, 0.15) is 36.9 Å². The van der Waals surface area contributed by atoms with Gasteiger partial charge in [-0.25, -0.2) is 0 Å². The number of hydrogen-bond donors (Lipinski definition) is 1. The Labute approximate surface area is 102 Å². The first kappa shape index (κ1) is 11.7. The van der Waals surface area contributed by atoms with Gasteiger partial charge in [-0.05, 0) is 43.0 Å². The topological polar surface area (TPSA) is 21.3 Å². The maximum atomic E-state index is 6.24. The van der Waals surface area contributed by atoms with Gasteiger partial charge in [-0.1, -0.05) is 24.6 Å². The van der Waals surface area contributed by atoms with E-state index < -0.39 is 0 Å². The molecule has 1 aliphatic heterocycles. The van der Waals surface area contributed by atoms with Gasteiger partial charge in [0.2, 0.25) is 0 Å². The predicted molar refractivity (Wildman–Crippen MR) is 67.4 cm³/mol. The Morgan fingerprint density at radius 1 is 1.50 bits per heavy atom. The highest BCUT2D eigenvalue weighted by Gasteiger charge is 2.19. The van der Waals surface area contributed by atoms with Crippen molar-refractivity contribution < 1.29 is 4.74 Å². The molecule has 3 heteroatoms. The van der Waals surface area contributed by atoms with Crippen LogP contribution in [0, 0.1) is 0 Å². The zero-order valence-corrected chi connectivity index (χ0v) is 10.6. The Hall–Kier alpha value is -0.730. The summed E-state index contributed by atoms with van der Waals surface area (Å²) >= 11 is 6.24. The van der Waals surface area contributed by atoms with Crippen LogP contribution in [0.15, 0.2) is 12.1 Å². The molecule has 2 rings (SSSR count). The summed E-state index contributed by atoms with van der Waals surface area (Å²) in [5.41, 5.74) is 2.49. The Morgan fingerprint density at radius 3 is 2.88 bits per heavy atom.